The Balaban J connectivity index is 1.65. The largest absolute Gasteiger partial charge is 0.451 e. The van der Waals surface area contributed by atoms with E-state index in [0.717, 1.165) is 44.6 Å². The normalized spacial score (nSPS) is 30.9. The maximum Gasteiger partial charge on any atom is 0.451 e. The fourth-order valence-electron chi connectivity index (χ4n) is 3.75. The van der Waals surface area contributed by atoms with Crippen LogP contribution < -0.4 is 0 Å². The smallest absolute Gasteiger partial charge is 0.427 e. The molecule has 1 saturated carbocycles. The lowest BCUT2D eigenvalue weighted by Crippen LogP contribution is -2.37. The summed E-state index contributed by atoms with van der Waals surface area (Å²) in [7, 11) is -1.14. The first-order valence-electron chi connectivity index (χ1n) is 7.70. The zero-order valence-electron chi connectivity index (χ0n) is 11.7. The van der Waals surface area contributed by atoms with E-state index in [9.17, 15) is 0 Å². The first kappa shape index (κ1) is 14.8. The van der Waals surface area contributed by atoms with E-state index in [0.29, 0.717) is 18.3 Å². The van der Waals surface area contributed by atoms with Crippen molar-refractivity contribution in [1.29, 1.82) is 5.26 Å². The van der Waals surface area contributed by atoms with Crippen LogP contribution in [0.3, 0.4) is 0 Å². The second-order valence-corrected chi connectivity index (χ2v) is 6.12. The quantitative estimate of drug-likeness (QED) is 0.565. The van der Waals surface area contributed by atoms with Gasteiger partial charge in [0.05, 0.1) is 6.07 Å². The molecule has 1 heterocycles. The van der Waals surface area contributed by atoms with Gasteiger partial charge >= 0.3 is 7.12 Å². The summed E-state index contributed by atoms with van der Waals surface area (Å²) < 4.78 is 0. The van der Waals surface area contributed by atoms with E-state index in [4.69, 9.17) is 15.3 Å². The molecular formula is C14H25BN2O2. The summed E-state index contributed by atoms with van der Waals surface area (Å²) in [4.78, 5) is 2.60. The molecule has 0 bridgehead atoms. The van der Waals surface area contributed by atoms with Crippen molar-refractivity contribution in [2.45, 2.75) is 57.3 Å². The maximum absolute atomic E-state index is 9.02. The van der Waals surface area contributed by atoms with Crippen molar-refractivity contribution in [2.24, 2.45) is 11.8 Å². The number of hydrogen-bond donors (Lipinski definition) is 2. The van der Waals surface area contributed by atoms with Gasteiger partial charge < -0.3 is 14.9 Å². The Kier molecular flexibility index (Phi) is 5.68. The molecule has 5 heteroatoms. The fraction of sp³-hybridized carbons (Fsp3) is 0.929. The molecule has 3 unspecified atom stereocenters. The molecule has 1 aliphatic heterocycles. The van der Waals surface area contributed by atoms with E-state index >= 15 is 0 Å². The van der Waals surface area contributed by atoms with Crippen molar-refractivity contribution >= 4 is 7.12 Å². The standard InChI is InChI=1S/C14H25BN2O2/c16-11-12-4-5-14-13(10-12)6-9-17(14)8-3-1-2-7-15(18)19/h12-14,18-19H,1-10H2. The molecule has 0 amide bonds. The van der Waals surface area contributed by atoms with Crippen molar-refractivity contribution in [3.8, 4) is 6.07 Å². The molecule has 2 N–H and O–H groups in total. The zero-order valence-corrected chi connectivity index (χ0v) is 11.7. The minimum Gasteiger partial charge on any atom is -0.427 e. The number of nitrogens with zero attached hydrogens (tertiary/aromatic N) is 2. The van der Waals surface area contributed by atoms with Gasteiger partial charge in [0, 0.05) is 12.0 Å². The van der Waals surface area contributed by atoms with E-state index in [-0.39, 0.29) is 0 Å². The predicted molar refractivity (Wildman–Crippen MR) is 75.3 cm³/mol. The molecule has 1 saturated heterocycles. The van der Waals surface area contributed by atoms with Gasteiger partial charge in [0.25, 0.3) is 0 Å². The van der Waals surface area contributed by atoms with Gasteiger partial charge in [-0.2, -0.15) is 5.26 Å². The molecule has 1 aliphatic carbocycles. The van der Waals surface area contributed by atoms with E-state index in [1.165, 1.54) is 19.4 Å². The van der Waals surface area contributed by atoms with Crippen molar-refractivity contribution in [1.82, 2.24) is 4.90 Å². The average molecular weight is 264 g/mol. The van der Waals surface area contributed by atoms with Crippen molar-refractivity contribution < 1.29 is 10.0 Å². The Morgan fingerprint density at radius 2 is 2.00 bits per heavy atom. The summed E-state index contributed by atoms with van der Waals surface area (Å²) in [6, 6.07) is 3.15. The van der Waals surface area contributed by atoms with Gasteiger partial charge in [-0.3, -0.25) is 0 Å². The number of rotatable bonds is 6. The SMILES string of the molecule is N#CC1CCC2C(CCN2CCCCCB(O)O)C1. The van der Waals surface area contributed by atoms with Crippen LogP contribution in [0.25, 0.3) is 0 Å². The summed E-state index contributed by atoms with van der Waals surface area (Å²) >= 11 is 0. The number of likely N-dealkylation sites (tertiary alicyclic amines) is 1. The van der Waals surface area contributed by atoms with Crippen LogP contribution in [0.2, 0.25) is 6.32 Å². The lowest BCUT2D eigenvalue weighted by Gasteiger charge is -2.33. The second-order valence-electron chi connectivity index (χ2n) is 6.12. The van der Waals surface area contributed by atoms with Crippen LogP contribution in [0.5, 0.6) is 0 Å². The van der Waals surface area contributed by atoms with Crippen molar-refractivity contribution in [3.63, 3.8) is 0 Å². The van der Waals surface area contributed by atoms with Crippen LogP contribution >= 0.6 is 0 Å². The minimum atomic E-state index is -1.14. The molecule has 2 rings (SSSR count). The molecular weight excluding hydrogens is 239 g/mol. The van der Waals surface area contributed by atoms with Crippen molar-refractivity contribution in [3.05, 3.63) is 0 Å². The highest BCUT2D eigenvalue weighted by Crippen LogP contribution is 2.38. The molecule has 0 aromatic rings. The zero-order chi connectivity index (χ0) is 13.7. The van der Waals surface area contributed by atoms with E-state index in [1.54, 1.807) is 0 Å². The van der Waals surface area contributed by atoms with E-state index in [2.05, 4.69) is 11.0 Å². The first-order chi connectivity index (χ1) is 9.20. The van der Waals surface area contributed by atoms with Crippen LogP contribution in [0.1, 0.15) is 44.9 Å². The van der Waals surface area contributed by atoms with Crippen LogP contribution in [0.4, 0.5) is 0 Å². The molecule has 3 atom stereocenters. The third kappa shape index (κ3) is 4.20. The van der Waals surface area contributed by atoms with Crippen LogP contribution in [0.15, 0.2) is 0 Å². The molecule has 0 aromatic heterocycles. The molecule has 0 spiro atoms. The molecule has 4 nitrogen and oxygen atoms in total. The van der Waals surface area contributed by atoms with E-state index in [1.807, 2.05) is 0 Å². The van der Waals surface area contributed by atoms with Gasteiger partial charge in [0.1, 0.15) is 0 Å². The average Bonchev–Trinajstić information content (AvgIpc) is 2.80. The van der Waals surface area contributed by atoms with E-state index < -0.39 is 7.12 Å². The Morgan fingerprint density at radius 1 is 1.16 bits per heavy atom. The Labute approximate surface area is 116 Å². The summed E-state index contributed by atoms with van der Waals surface area (Å²) in [6.45, 7) is 2.33. The summed E-state index contributed by atoms with van der Waals surface area (Å²) in [6.07, 6.45) is 8.26. The van der Waals surface area contributed by atoms with Gasteiger partial charge in [-0.25, -0.2) is 0 Å². The summed E-state index contributed by atoms with van der Waals surface area (Å²) in [5, 5.41) is 26.6. The highest BCUT2D eigenvalue weighted by Gasteiger charge is 2.38. The third-order valence-corrected chi connectivity index (χ3v) is 4.79. The number of hydrogen-bond acceptors (Lipinski definition) is 4. The molecule has 2 fully saturated rings. The Bertz CT molecular complexity index is 319. The van der Waals surface area contributed by atoms with Gasteiger partial charge in [-0.1, -0.05) is 12.8 Å². The van der Waals surface area contributed by atoms with Crippen LogP contribution in [-0.2, 0) is 0 Å². The highest BCUT2D eigenvalue weighted by atomic mass is 16.4. The molecule has 0 radical (unpaired) electrons. The molecule has 19 heavy (non-hydrogen) atoms. The minimum absolute atomic E-state index is 0.298. The second kappa shape index (κ2) is 7.28. The Morgan fingerprint density at radius 3 is 2.74 bits per heavy atom. The maximum atomic E-state index is 9.02. The summed E-state index contributed by atoms with van der Waals surface area (Å²) in [5.74, 6) is 1.05. The third-order valence-electron chi connectivity index (χ3n) is 4.79. The molecule has 2 aliphatic rings. The predicted octanol–water partition coefficient (Wildman–Crippen LogP) is 1.64. The summed E-state index contributed by atoms with van der Waals surface area (Å²) in [5.41, 5.74) is 0. The van der Waals surface area contributed by atoms with Crippen LogP contribution in [-0.4, -0.2) is 41.2 Å². The lowest BCUT2D eigenvalue weighted by molar-refractivity contribution is 0.165. The number of unbranched alkanes of at least 4 members (excludes halogenated alkanes) is 2. The molecule has 106 valence electrons. The monoisotopic (exact) mass is 264 g/mol. The fourth-order valence-corrected chi connectivity index (χ4v) is 3.75. The van der Waals surface area contributed by atoms with Gasteiger partial charge in [-0.15, -0.1) is 0 Å². The lowest BCUT2D eigenvalue weighted by atomic mass is 9.79. The highest BCUT2D eigenvalue weighted by molar-refractivity contribution is 6.40. The van der Waals surface area contributed by atoms with Gasteiger partial charge in [0.15, 0.2) is 0 Å². The van der Waals surface area contributed by atoms with Crippen molar-refractivity contribution in [2.75, 3.05) is 13.1 Å². The topological polar surface area (TPSA) is 67.5 Å². The van der Waals surface area contributed by atoms with Gasteiger partial charge in [-0.05, 0) is 57.4 Å². The number of fused-ring (bicyclic) bond motifs is 1. The molecule has 0 aromatic carbocycles. The van der Waals surface area contributed by atoms with Gasteiger partial charge in [0.2, 0.25) is 0 Å². The first-order valence-corrected chi connectivity index (χ1v) is 7.70. The Hall–Kier alpha value is -0.565. The number of nitriles is 1. The van der Waals surface area contributed by atoms with Crippen LogP contribution in [0, 0.1) is 23.2 Å².